The number of anilines is 1. The molecule has 1 aliphatic carbocycles. The number of carbonyl (C=O) groups is 4. The van der Waals surface area contributed by atoms with E-state index in [0.717, 1.165) is 32.1 Å². The van der Waals surface area contributed by atoms with Crippen LogP contribution in [0.1, 0.15) is 63.2 Å². The molecular weight excluding hydrogens is 400 g/mol. The maximum Gasteiger partial charge on any atom is 0.338 e. The molecule has 1 fully saturated rings. The predicted octanol–water partition coefficient (Wildman–Crippen LogP) is 3.12. The van der Waals surface area contributed by atoms with E-state index in [2.05, 4.69) is 5.32 Å². The lowest BCUT2D eigenvalue weighted by Crippen LogP contribution is -2.40. The van der Waals surface area contributed by atoms with Crippen LogP contribution in [0.25, 0.3) is 0 Å². The minimum Gasteiger partial charge on any atom is -0.508 e. The summed E-state index contributed by atoms with van der Waals surface area (Å²) in [4.78, 5) is 51.2. The zero-order chi connectivity index (χ0) is 22.0. The Labute approximate surface area is 178 Å². The van der Waals surface area contributed by atoms with Gasteiger partial charge >= 0.3 is 5.97 Å². The lowest BCUT2D eigenvalue weighted by atomic mass is 9.94. The van der Waals surface area contributed by atoms with Crippen LogP contribution in [-0.4, -0.2) is 46.3 Å². The van der Waals surface area contributed by atoms with Crippen LogP contribution in [0.2, 0.25) is 0 Å². The second-order valence-corrected chi connectivity index (χ2v) is 7.70. The van der Waals surface area contributed by atoms with Gasteiger partial charge < -0.3 is 15.2 Å². The molecule has 160 valence electrons. The first-order chi connectivity index (χ1) is 14.9. The van der Waals surface area contributed by atoms with Crippen molar-refractivity contribution < 1.29 is 29.0 Å². The second-order valence-electron chi connectivity index (χ2n) is 7.70. The van der Waals surface area contributed by atoms with Crippen molar-refractivity contribution in [3.05, 3.63) is 59.2 Å². The Balaban J connectivity index is 1.40. The van der Waals surface area contributed by atoms with Gasteiger partial charge in [0.15, 0.2) is 6.61 Å². The third-order valence-electron chi connectivity index (χ3n) is 5.58. The molecule has 8 heteroatoms. The van der Waals surface area contributed by atoms with Crippen molar-refractivity contribution >= 4 is 29.4 Å². The van der Waals surface area contributed by atoms with Gasteiger partial charge in [0.25, 0.3) is 17.7 Å². The fourth-order valence-corrected chi connectivity index (χ4v) is 4.01. The smallest absolute Gasteiger partial charge is 0.338 e. The number of rotatable bonds is 5. The number of amides is 3. The number of phenolic OH excluding ortho intramolecular Hbond substituents is 1. The Hall–Kier alpha value is -3.68. The number of aromatic hydroxyl groups is 1. The molecule has 0 atom stereocenters. The number of ether oxygens (including phenoxy) is 1. The van der Waals surface area contributed by atoms with Gasteiger partial charge in [-0.15, -0.1) is 0 Å². The standard InChI is InChI=1S/C23H22N2O6/c26-17-9-7-15(8-10-17)24-20(27)13-31-23(30)14-6-11-18-19(12-14)22(29)25(21(18)28)16-4-2-1-3-5-16/h6-12,16,26H,1-5,13H2,(H,24,27). The molecular formula is C23H22N2O6. The van der Waals surface area contributed by atoms with Gasteiger partial charge in [0.1, 0.15) is 5.75 Å². The Bertz CT molecular complexity index is 1040. The van der Waals surface area contributed by atoms with E-state index in [4.69, 9.17) is 4.74 Å². The summed E-state index contributed by atoms with van der Waals surface area (Å²) in [5.74, 6) is -1.95. The van der Waals surface area contributed by atoms with Crippen molar-refractivity contribution in [2.45, 2.75) is 38.1 Å². The monoisotopic (exact) mass is 422 g/mol. The second kappa shape index (κ2) is 8.59. The molecule has 31 heavy (non-hydrogen) atoms. The van der Waals surface area contributed by atoms with Crippen LogP contribution in [0.5, 0.6) is 5.75 Å². The summed E-state index contributed by atoms with van der Waals surface area (Å²) in [7, 11) is 0. The van der Waals surface area contributed by atoms with Gasteiger partial charge in [0, 0.05) is 11.7 Å². The molecule has 2 aromatic rings. The van der Waals surface area contributed by atoms with Gasteiger partial charge in [-0.05, 0) is 55.3 Å². The van der Waals surface area contributed by atoms with Crippen LogP contribution in [0, 0.1) is 0 Å². The Morgan fingerprint density at radius 2 is 1.65 bits per heavy atom. The van der Waals surface area contributed by atoms with Crippen LogP contribution in [0.4, 0.5) is 5.69 Å². The van der Waals surface area contributed by atoms with E-state index in [1.54, 1.807) is 0 Å². The maximum absolute atomic E-state index is 12.8. The quantitative estimate of drug-likeness (QED) is 0.435. The van der Waals surface area contributed by atoms with Crippen LogP contribution >= 0.6 is 0 Å². The van der Waals surface area contributed by atoms with Gasteiger partial charge in [0.2, 0.25) is 0 Å². The van der Waals surface area contributed by atoms with E-state index in [1.165, 1.54) is 47.4 Å². The minimum absolute atomic E-state index is 0.0658. The highest BCUT2D eigenvalue weighted by Crippen LogP contribution is 2.31. The average Bonchev–Trinajstić information content (AvgIpc) is 3.04. The van der Waals surface area contributed by atoms with Crippen LogP contribution < -0.4 is 5.32 Å². The molecule has 0 radical (unpaired) electrons. The molecule has 1 saturated carbocycles. The number of carbonyl (C=O) groups excluding carboxylic acids is 4. The number of fused-ring (bicyclic) bond motifs is 1. The van der Waals surface area contributed by atoms with Crippen molar-refractivity contribution in [3.8, 4) is 5.75 Å². The number of imide groups is 1. The van der Waals surface area contributed by atoms with Crippen molar-refractivity contribution in [2.24, 2.45) is 0 Å². The SMILES string of the molecule is O=C(COC(=O)c1ccc2c(c1)C(=O)N(C1CCCCC1)C2=O)Nc1ccc(O)cc1. The maximum atomic E-state index is 12.8. The van der Waals surface area contributed by atoms with Gasteiger partial charge in [-0.2, -0.15) is 0 Å². The number of hydrogen-bond donors (Lipinski definition) is 2. The normalized spacial score (nSPS) is 16.2. The topological polar surface area (TPSA) is 113 Å². The summed E-state index contributed by atoms with van der Waals surface area (Å²) in [5.41, 5.74) is 1.03. The Kier molecular flexibility index (Phi) is 5.70. The van der Waals surface area contributed by atoms with Crippen molar-refractivity contribution in [2.75, 3.05) is 11.9 Å². The van der Waals surface area contributed by atoms with Gasteiger partial charge in [-0.25, -0.2) is 4.79 Å². The Morgan fingerprint density at radius 1 is 0.968 bits per heavy atom. The summed E-state index contributed by atoms with van der Waals surface area (Å²) in [5, 5.41) is 11.8. The fourth-order valence-electron chi connectivity index (χ4n) is 4.01. The van der Waals surface area contributed by atoms with Gasteiger partial charge in [-0.1, -0.05) is 19.3 Å². The molecule has 1 aliphatic heterocycles. The summed E-state index contributed by atoms with van der Waals surface area (Å²) in [6, 6.07) is 10.0. The molecule has 0 spiro atoms. The zero-order valence-corrected chi connectivity index (χ0v) is 16.8. The number of esters is 1. The third-order valence-corrected chi connectivity index (χ3v) is 5.58. The summed E-state index contributed by atoms with van der Waals surface area (Å²) < 4.78 is 5.04. The first-order valence-electron chi connectivity index (χ1n) is 10.2. The van der Waals surface area contributed by atoms with Crippen LogP contribution in [0.3, 0.4) is 0 Å². The van der Waals surface area contributed by atoms with Crippen molar-refractivity contribution in [3.63, 3.8) is 0 Å². The van der Waals surface area contributed by atoms with Gasteiger partial charge in [0.05, 0.1) is 16.7 Å². The number of nitrogens with zero attached hydrogens (tertiary/aromatic N) is 1. The van der Waals surface area contributed by atoms with E-state index in [-0.39, 0.29) is 40.3 Å². The number of phenols is 1. The number of hydrogen-bond acceptors (Lipinski definition) is 6. The molecule has 3 amide bonds. The molecule has 8 nitrogen and oxygen atoms in total. The van der Waals surface area contributed by atoms with Crippen LogP contribution in [-0.2, 0) is 9.53 Å². The molecule has 2 aliphatic rings. The Morgan fingerprint density at radius 3 is 2.35 bits per heavy atom. The van der Waals surface area contributed by atoms with Gasteiger partial charge in [-0.3, -0.25) is 19.3 Å². The largest absolute Gasteiger partial charge is 0.508 e. The fraction of sp³-hybridized carbons (Fsp3) is 0.304. The van der Waals surface area contributed by atoms with E-state index in [1.807, 2.05) is 0 Å². The van der Waals surface area contributed by atoms with E-state index >= 15 is 0 Å². The summed E-state index contributed by atoms with van der Waals surface area (Å²) in [6.45, 7) is -0.516. The lowest BCUT2D eigenvalue weighted by molar-refractivity contribution is -0.119. The van der Waals surface area contributed by atoms with Crippen LogP contribution in [0.15, 0.2) is 42.5 Å². The minimum atomic E-state index is -0.764. The highest BCUT2D eigenvalue weighted by Gasteiger charge is 2.40. The molecule has 0 bridgehead atoms. The van der Waals surface area contributed by atoms with Crippen molar-refractivity contribution in [1.29, 1.82) is 0 Å². The molecule has 0 aromatic heterocycles. The van der Waals surface area contributed by atoms with Crippen molar-refractivity contribution in [1.82, 2.24) is 4.90 Å². The van der Waals surface area contributed by atoms with E-state index < -0.39 is 18.5 Å². The molecule has 1 heterocycles. The first-order valence-corrected chi connectivity index (χ1v) is 10.2. The third kappa shape index (κ3) is 4.28. The lowest BCUT2D eigenvalue weighted by Gasteiger charge is -2.29. The number of benzene rings is 2. The number of nitrogens with one attached hydrogen (secondary N) is 1. The van der Waals surface area contributed by atoms with E-state index in [0.29, 0.717) is 5.69 Å². The molecule has 2 aromatic carbocycles. The summed E-state index contributed by atoms with van der Waals surface area (Å²) >= 11 is 0. The molecule has 4 rings (SSSR count). The molecule has 2 N–H and O–H groups in total. The average molecular weight is 422 g/mol. The zero-order valence-electron chi connectivity index (χ0n) is 16.8. The first kappa shape index (κ1) is 20.6. The molecule has 0 saturated heterocycles. The highest BCUT2D eigenvalue weighted by molar-refractivity contribution is 6.22. The predicted molar refractivity (Wildman–Crippen MR) is 111 cm³/mol. The molecule has 0 unspecified atom stereocenters. The highest BCUT2D eigenvalue weighted by atomic mass is 16.5. The van der Waals surface area contributed by atoms with E-state index in [9.17, 15) is 24.3 Å². The summed E-state index contributed by atoms with van der Waals surface area (Å²) in [6.07, 6.45) is 4.69.